The number of aliphatic hydroxyl groups is 2. The van der Waals surface area contributed by atoms with E-state index >= 15 is 0 Å². The summed E-state index contributed by atoms with van der Waals surface area (Å²) in [6, 6.07) is 0. The minimum atomic E-state index is -1.63. The molecular weight excluding hydrogens is 143 g/mol. The third-order valence-electron chi connectivity index (χ3n) is 1.27. The molecule has 2 N–H and O–H groups in total. The fraction of sp³-hybridized carbons (Fsp3) is 0.333. The first-order valence-corrected chi connectivity index (χ1v) is 3.06. The molecule has 0 saturated carbocycles. The monoisotopic (exact) mass is 150 g/mol. The van der Waals surface area contributed by atoms with Gasteiger partial charge in [-0.15, -0.1) is 0 Å². The highest BCUT2D eigenvalue weighted by Crippen LogP contribution is 2.00. The van der Waals surface area contributed by atoms with Crippen LogP contribution < -0.4 is 5.46 Å². The lowest BCUT2D eigenvalue weighted by Crippen LogP contribution is -2.14. The van der Waals surface area contributed by atoms with Gasteiger partial charge >= 0.3 is 0 Å². The van der Waals surface area contributed by atoms with Crippen molar-refractivity contribution < 1.29 is 10.2 Å². The molecule has 0 fully saturated rings. The highest BCUT2D eigenvalue weighted by Gasteiger charge is 2.05. The van der Waals surface area contributed by atoms with Gasteiger partial charge in [-0.05, 0) is 6.92 Å². The van der Waals surface area contributed by atoms with E-state index in [1.807, 2.05) is 0 Å². The van der Waals surface area contributed by atoms with Gasteiger partial charge in [0, 0.05) is 11.9 Å². The van der Waals surface area contributed by atoms with Crippen LogP contribution in [0.15, 0.2) is 6.20 Å². The number of aliphatic hydroxyl groups excluding tert-OH is 1. The maximum Gasteiger partial charge on any atom is 0.214 e. The van der Waals surface area contributed by atoms with Crippen LogP contribution in [-0.4, -0.2) is 28.0 Å². The van der Waals surface area contributed by atoms with Crippen LogP contribution in [0.25, 0.3) is 0 Å². The van der Waals surface area contributed by atoms with E-state index in [9.17, 15) is 0 Å². The average Bonchev–Trinajstić information content (AvgIpc) is 1.94. The summed E-state index contributed by atoms with van der Waals surface area (Å²) < 4.78 is 0. The van der Waals surface area contributed by atoms with Crippen molar-refractivity contribution in [3.8, 4) is 0 Å². The number of rotatable bonds is 1. The lowest BCUT2D eigenvalue weighted by molar-refractivity contribution is -0.0495. The molecule has 0 aliphatic carbocycles. The number of hydrogen-bond donors (Lipinski definition) is 2. The van der Waals surface area contributed by atoms with E-state index in [1.165, 1.54) is 6.20 Å². The summed E-state index contributed by atoms with van der Waals surface area (Å²) in [5.41, 5.74) is 0.984. The van der Waals surface area contributed by atoms with Crippen LogP contribution in [0, 0.1) is 6.92 Å². The first-order chi connectivity index (χ1) is 5.11. The zero-order valence-electron chi connectivity index (χ0n) is 6.02. The molecule has 0 aliphatic rings. The molecule has 11 heavy (non-hydrogen) atoms. The van der Waals surface area contributed by atoms with Gasteiger partial charge in [0.15, 0.2) is 5.82 Å². The van der Waals surface area contributed by atoms with Gasteiger partial charge < -0.3 is 10.2 Å². The molecule has 0 atom stereocenters. The van der Waals surface area contributed by atoms with Crippen LogP contribution in [0.4, 0.5) is 0 Å². The van der Waals surface area contributed by atoms with Crippen molar-refractivity contribution in [1.82, 2.24) is 9.97 Å². The van der Waals surface area contributed by atoms with Crippen LogP contribution in [0.5, 0.6) is 0 Å². The summed E-state index contributed by atoms with van der Waals surface area (Å²) in [6.45, 7) is 1.67. The predicted molar refractivity (Wildman–Crippen MR) is 39.3 cm³/mol. The molecule has 5 heteroatoms. The second-order valence-corrected chi connectivity index (χ2v) is 2.14. The van der Waals surface area contributed by atoms with Gasteiger partial charge in [-0.25, -0.2) is 9.97 Å². The summed E-state index contributed by atoms with van der Waals surface area (Å²) in [5.74, 6) is -0.0308. The molecule has 1 heterocycles. The van der Waals surface area contributed by atoms with E-state index in [0.29, 0.717) is 11.2 Å². The Morgan fingerprint density at radius 1 is 1.55 bits per heavy atom. The zero-order chi connectivity index (χ0) is 8.43. The second kappa shape index (κ2) is 2.98. The molecule has 1 aromatic rings. The van der Waals surface area contributed by atoms with E-state index in [-0.39, 0.29) is 5.82 Å². The lowest BCUT2D eigenvalue weighted by Gasteiger charge is -2.03. The van der Waals surface area contributed by atoms with Gasteiger partial charge in [-0.1, -0.05) is 5.46 Å². The fourth-order valence-electron chi connectivity index (χ4n) is 0.619. The van der Waals surface area contributed by atoms with Crippen molar-refractivity contribution in [3.63, 3.8) is 0 Å². The van der Waals surface area contributed by atoms with E-state index in [1.54, 1.807) is 6.92 Å². The van der Waals surface area contributed by atoms with Crippen molar-refractivity contribution >= 4 is 13.3 Å². The molecular formula is C6H7BN2O2. The third kappa shape index (κ3) is 1.75. The summed E-state index contributed by atoms with van der Waals surface area (Å²) in [7, 11) is 5.40. The normalized spacial score (nSPS) is 10.5. The Labute approximate surface area is 65.3 Å². The second-order valence-electron chi connectivity index (χ2n) is 2.14. The molecule has 4 nitrogen and oxygen atoms in total. The highest BCUT2D eigenvalue weighted by molar-refractivity contribution is 6.32. The number of aryl methyl sites for hydroxylation is 1. The quantitative estimate of drug-likeness (QED) is 0.380. The Morgan fingerprint density at radius 2 is 2.18 bits per heavy atom. The Kier molecular flexibility index (Phi) is 2.21. The van der Waals surface area contributed by atoms with Crippen LogP contribution in [0.3, 0.4) is 0 Å². The minimum absolute atomic E-state index is 0.0308. The van der Waals surface area contributed by atoms with Gasteiger partial charge in [0.25, 0.3) is 0 Å². The van der Waals surface area contributed by atoms with E-state index in [2.05, 4.69) is 9.97 Å². The van der Waals surface area contributed by atoms with E-state index < -0.39 is 6.29 Å². The maximum absolute atomic E-state index is 8.63. The molecule has 0 amide bonds. The van der Waals surface area contributed by atoms with E-state index in [0.717, 1.165) is 0 Å². The first kappa shape index (κ1) is 8.16. The molecule has 0 spiro atoms. The molecule has 0 unspecified atom stereocenters. The fourth-order valence-corrected chi connectivity index (χ4v) is 0.619. The SMILES string of the molecule is [B]c1cnc(C(O)O)nc1C. The summed E-state index contributed by atoms with van der Waals surface area (Å²) in [5, 5.41) is 17.3. The average molecular weight is 150 g/mol. The third-order valence-corrected chi connectivity index (χ3v) is 1.27. The minimum Gasteiger partial charge on any atom is -0.362 e. The van der Waals surface area contributed by atoms with Crippen molar-refractivity contribution in [3.05, 3.63) is 17.7 Å². The van der Waals surface area contributed by atoms with Crippen LogP contribution in [-0.2, 0) is 0 Å². The van der Waals surface area contributed by atoms with Crippen molar-refractivity contribution in [1.29, 1.82) is 0 Å². The van der Waals surface area contributed by atoms with Crippen molar-refractivity contribution in [2.45, 2.75) is 13.2 Å². The first-order valence-electron chi connectivity index (χ1n) is 3.06. The largest absolute Gasteiger partial charge is 0.362 e. The predicted octanol–water partition coefficient (Wildman–Crippen LogP) is -1.44. The maximum atomic E-state index is 8.63. The summed E-state index contributed by atoms with van der Waals surface area (Å²) in [6.07, 6.45) is -0.286. The Hall–Kier alpha value is -0.935. The number of nitrogens with zero attached hydrogens (tertiary/aromatic N) is 2. The lowest BCUT2D eigenvalue weighted by atomic mass is 9.97. The molecule has 56 valence electrons. The van der Waals surface area contributed by atoms with Gasteiger partial charge in [0.05, 0.1) is 0 Å². The molecule has 0 saturated heterocycles. The smallest absolute Gasteiger partial charge is 0.214 e. The van der Waals surface area contributed by atoms with Gasteiger partial charge in [-0.3, -0.25) is 0 Å². The van der Waals surface area contributed by atoms with Crippen LogP contribution in [0.1, 0.15) is 17.8 Å². The molecule has 0 aliphatic heterocycles. The van der Waals surface area contributed by atoms with E-state index in [4.69, 9.17) is 18.1 Å². The summed E-state index contributed by atoms with van der Waals surface area (Å²) >= 11 is 0. The van der Waals surface area contributed by atoms with Gasteiger partial charge in [-0.2, -0.15) is 0 Å². The van der Waals surface area contributed by atoms with Crippen LogP contribution in [0.2, 0.25) is 0 Å². The van der Waals surface area contributed by atoms with Gasteiger partial charge in [0.1, 0.15) is 7.85 Å². The topological polar surface area (TPSA) is 66.2 Å². The van der Waals surface area contributed by atoms with Crippen molar-refractivity contribution in [2.75, 3.05) is 0 Å². The molecule has 0 aromatic carbocycles. The highest BCUT2D eigenvalue weighted by atomic mass is 16.5. The standard InChI is InChI=1S/C6H7BN2O2/c1-3-4(7)2-8-5(9-3)6(10)11/h2,6,10-11H,1H3. The Balaban J connectivity index is 3.05. The zero-order valence-corrected chi connectivity index (χ0v) is 6.02. The number of aromatic nitrogens is 2. The van der Waals surface area contributed by atoms with Gasteiger partial charge in [0.2, 0.25) is 6.29 Å². The van der Waals surface area contributed by atoms with Crippen LogP contribution >= 0.6 is 0 Å². The molecule has 1 aromatic heterocycles. The number of hydrogen-bond acceptors (Lipinski definition) is 4. The Morgan fingerprint density at radius 3 is 2.64 bits per heavy atom. The summed E-state index contributed by atoms with van der Waals surface area (Å²) in [4.78, 5) is 7.34. The Bertz CT molecular complexity index is 265. The molecule has 2 radical (unpaired) electrons. The molecule has 0 bridgehead atoms. The van der Waals surface area contributed by atoms with Crippen molar-refractivity contribution in [2.24, 2.45) is 0 Å². The molecule has 1 rings (SSSR count).